The molecule has 1 atom stereocenters. The van der Waals surface area contributed by atoms with E-state index in [1.165, 1.54) is 16.7 Å². The van der Waals surface area contributed by atoms with E-state index >= 15 is 0 Å². The molecule has 15 heavy (non-hydrogen) atoms. The second-order valence-electron chi connectivity index (χ2n) is 4.31. The lowest BCUT2D eigenvalue weighted by molar-refractivity contribution is 0.770. The molecular weight excluding hydrogens is 180 g/mol. The summed E-state index contributed by atoms with van der Waals surface area (Å²) in [5, 5.41) is 0. The zero-order valence-corrected chi connectivity index (χ0v) is 10.4. The van der Waals surface area contributed by atoms with E-state index in [-0.39, 0.29) is 0 Å². The summed E-state index contributed by atoms with van der Waals surface area (Å²) in [6.07, 6.45) is 6.84. The van der Waals surface area contributed by atoms with Crippen molar-refractivity contribution in [2.45, 2.75) is 46.5 Å². The van der Waals surface area contributed by atoms with Gasteiger partial charge in [-0.15, -0.1) is 0 Å². The van der Waals surface area contributed by atoms with Gasteiger partial charge in [-0.1, -0.05) is 44.2 Å². The summed E-state index contributed by atoms with van der Waals surface area (Å²) in [5.41, 5.74) is 4.35. The maximum absolute atomic E-state index is 2.31. The molecule has 0 heteroatoms. The molecule has 0 nitrogen and oxygen atoms in total. The van der Waals surface area contributed by atoms with E-state index in [0.29, 0.717) is 5.92 Å². The topological polar surface area (TPSA) is 0 Å². The summed E-state index contributed by atoms with van der Waals surface area (Å²) in [5.74, 6) is 0.632. The lowest BCUT2D eigenvalue weighted by Crippen LogP contribution is -1.97. The van der Waals surface area contributed by atoms with Crippen LogP contribution in [0.25, 0.3) is 0 Å². The predicted molar refractivity (Wildman–Crippen MR) is 68.4 cm³/mol. The van der Waals surface area contributed by atoms with Crippen LogP contribution in [0.3, 0.4) is 0 Å². The Morgan fingerprint density at radius 3 is 2.60 bits per heavy atom. The number of benzene rings is 1. The predicted octanol–water partition coefficient (Wildman–Crippen LogP) is 4.76. The molecular formula is C15H22. The average molecular weight is 202 g/mol. The molecule has 1 rings (SSSR count). The average Bonchev–Trinajstić information content (AvgIpc) is 2.22. The molecule has 0 N–H and O–H groups in total. The van der Waals surface area contributed by atoms with Crippen LogP contribution in [-0.4, -0.2) is 0 Å². The van der Waals surface area contributed by atoms with Gasteiger partial charge >= 0.3 is 0 Å². The van der Waals surface area contributed by atoms with Crippen molar-refractivity contribution in [1.82, 2.24) is 0 Å². The first-order valence-corrected chi connectivity index (χ1v) is 5.88. The quantitative estimate of drug-likeness (QED) is 0.617. The number of aryl methyl sites for hydroxylation is 1. The van der Waals surface area contributed by atoms with Crippen LogP contribution < -0.4 is 0 Å². The van der Waals surface area contributed by atoms with Crippen molar-refractivity contribution in [3.8, 4) is 0 Å². The highest BCUT2D eigenvalue weighted by Gasteiger charge is 2.07. The van der Waals surface area contributed by atoms with Crippen LogP contribution in [-0.2, 0) is 0 Å². The Balaban J connectivity index is 2.77. The van der Waals surface area contributed by atoms with Gasteiger partial charge in [-0.2, -0.15) is 0 Å². The molecule has 0 aliphatic heterocycles. The van der Waals surface area contributed by atoms with E-state index in [0.717, 1.165) is 12.8 Å². The third-order valence-electron chi connectivity index (χ3n) is 3.07. The SMILES string of the molecule is CC/C=C\CC(C)c1cccc(C)c1C. The zero-order valence-electron chi connectivity index (χ0n) is 10.4. The Hall–Kier alpha value is -1.04. The molecule has 0 aromatic heterocycles. The molecule has 0 amide bonds. The van der Waals surface area contributed by atoms with Crippen molar-refractivity contribution in [3.05, 3.63) is 47.0 Å². The highest BCUT2D eigenvalue weighted by Crippen LogP contribution is 2.24. The third-order valence-corrected chi connectivity index (χ3v) is 3.07. The van der Waals surface area contributed by atoms with Crippen molar-refractivity contribution < 1.29 is 0 Å². The molecule has 1 unspecified atom stereocenters. The molecule has 0 radical (unpaired) electrons. The molecule has 0 fully saturated rings. The van der Waals surface area contributed by atoms with Crippen molar-refractivity contribution >= 4 is 0 Å². The van der Waals surface area contributed by atoms with Crippen LogP contribution in [0, 0.1) is 13.8 Å². The van der Waals surface area contributed by atoms with Crippen molar-refractivity contribution in [2.24, 2.45) is 0 Å². The number of rotatable bonds is 4. The molecule has 1 aromatic carbocycles. The Kier molecular flexibility index (Phi) is 4.61. The smallest absolute Gasteiger partial charge is 0.0153 e. The molecule has 1 aromatic rings. The summed E-state index contributed by atoms with van der Waals surface area (Å²) >= 11 is 0. The standard InChI is InChI=1S/C15H22/c1-5-6-7-9-13(3)15-11-8-10-12(2)14(15)4/h6-8,10-11,13H,5,9H2,1-4H3/b7-6-. The fraction of sp³-hybridized carbons (Fsp3) is 0.467. The van der Waals surface area contributed by atoms with Crippen LogP contribution >= 0.6 is 0 Å². The van der Waals surface area contributed by atoms with E-state index in [4.69, 9.17) is 0 Å². The third kappa shape index (κ3) is 3.23. The van der Waals surface area contributed by atoms with Gasteiger partial charge in [0.15, 0.2) is 0 Å². The minimum Gasteiger partial charge on any atom is -0.0888 e. The van der Waals surface area contributed by atoms with Gasteiger partial charge < -0.3 is 0 Å². The normalized spacial score (nSPS) is 13.3. The molecule has 0 saturated heterocycles. The van der Waals surface area contributed by atoms with Gasteiger partial charge in [-0.05, 0) is 49.3 Å². The molecule has 0 saturated carbocycles. The molecule has 0 aliphatic rings. The van der Waals surface area contributed by atoms with Gasteiger partial charge in [0.2, 0.25) is 0 Å². The second kappa shape index (κ2) is 5.75. The monoisotopic (exact) mass is 202 g/mol. The van der Waals surface area contributed by atoms with E-state index in [2.05, 4.69) is 58.0 Å². The van der Waals surface area contributed by atoms with E-state index in [1.54, 1.807) is 0 Å². The number of hydrogen-bond acceptors (Lipinski definition) is 0. The number of hydrogen-bond donors (Lipinski definition) is 0. The zero-order chi connectivity index (χ0) is 11.3. The summed E-state index contributed by atoms with van der Waals surface area (Å²) in [7, 11) is 0. The molecule has 0 spiro atoms. The van der Waals surface area contributed by atoms with Crippen LogP contribution in [0.4, 0.5) is 0 Å². The van der Waals surface area contributed by atoms with Gasteiger partial charge in [0.1, 0.15) is 0 Å². The van der Waals surface area contributed by atoms with E-state index < -0.39 is 0 Å². The molecule has 0 heterocycles. The molecule has 0 aliphatic carbocycles. The number of allylic oxidation sites excluding steroid dienone is 2. The summed E-state index contributed by atoms with van der Waals surface area (Å²) in [6.45, 7) is 8.90. The fourth-order valence-electron chi connectivity index (χ4n) is 1.90. The Morgan fingerprint density at radius 2 is 1.93 bits per heavy atom. The Bertz CT molecular complexity index is 334. The maximum atomic E-state index is 2.31. The van der Waals surface area contributed by atoms with Gasteiger partial charge in [0.05, 0.1) is 0 Å². The van der Waals surface area contributed by atoms with Gasteiger partial charge in [0, 0.05) is 0 Å². The molecule has 0 bridgehead atoms. The van der Waals surface area contributed by atoms with E-state index in [9.17, 15) is 0 Å². The first kappa shape index (κ1) is 12.0. The minimum atomic E-state index is 0.632. The lowest BCUT2D eigenvalue weighted by atomic mass is 9.91. The first-order chi connectivity index (χ1) is 7.16. The van der Waals surface area contributed by atoms with Crippen molar-refractivity contribution in [3.63, 3.8) is 0 Å². The largest absolute Gasteiger partial charge is 0.0888 e. The van der Waals surface area contributed by atoms with Crippen LogP contribution in [0.1, 0.15) is 49.3 Å². The van der Waals surface area contributed by atoms with Gasteiger partial charge in [-0.25, -0.2) is 0 Å². The summed E-state index contributed by atoms with van der Waals surface area (Å²) < 4.78 is 0. The highest BCUT2D eigenvalue weighted by molar-refractivity contribution is 5.35. The van der Waals surface area contributed by atoms with Crippen molar-refractivity contribution in [1.29, 1.82) is 0 Å². The lowest BCUT2D eigenvalue weighted by Gasteiger charge is -2.14. The van der Waals surface area contributed by atoms with Crippen LogP contribution in [0.2, 0.25) is 0 Å². The van der Waals surface area contributed by atoms with Crippen molar-refractivity contribution in [2.75, 3.05) is 0 Å². The Labute approximate surface area is 94.0 Å². The van der Waals surface area contributed by atoms with Gasteiger partial charge in [0.25, 0.3) is 0 Å². The van der Waals surface area contributed by atoms with E-state index in [1.807, 2.05) is 0 Å². The molecule has 82 valence electrons. The Morgan fingerprint density at radius 1 is 1.20 bits per heavy atom. The van der Waals surface area contributed by atoms with Gasteiger partial charge in [-0.3, -0.25) is 0 Å². The second-order valence-corrected chi connectivity index (χ2v) is 4.31. The summed E-state index contributed by atoms with van der Waals surface area (Å²) in [6, 6.07) is 6.61. The highest BCUT2D eigenvalue weighted by atomic mass is 14.1. The maximum Gasteiger partial charge on any atom is -0.0153 e. The minimum absolute atomic E-state index is 0.632. The summed E-state index contributed by atoms with van der Waals surface area (Å²) in [4.78, 5) is 0. The first-order valence-electron chi connectivity index (χ1n) is 5.88. The fourth-order valence-corrected chi connectivity index (χ4v) is 1.90. The van der Waals surface area contributed by atoms with Crippen LogP contribution in [0.5, 0.6) is 0 Å². The van der Waals surface area contributed by atoms with Crippen LogP contribution in [0.15, 0.2) is 30.4 Å².